The first-order chi connectivity index (χ1) is 12.1. The third kappa shape index (κ3) is 6.97. The first-order valence-corrected chi connectivity index (χ1v) is 8.94. The number of anilines is 1. The zero-order valence-corrected chi connectivity index (χ0v) is 17.8. The summed E-state index contributed by atoms with van der Waals surface area (Å²) in [6, 6.07) is 6.50. The quantitative estimate of drug-likeness (QED) is 0.374. The Labute approximate surface area is 172 Å². The van der Waals surface area contributed by atoms with Crippen LogP contribution >= 0.6 is 24.0 Å². The third-order valence-corrected chi connectivity index (χ3v) is 4.11. The van der Waals surface area contributed by atoms with Gasteiger partial charge in [-0.1, -0.05) is 0 Å². The molecule has 1 aromatic carbocycles. The van der Waals surface area contributed by atoms with E-state index in [1.54, 1.807) is 12.1 Å². The topological polar surface area (TPSA) is 60.0 Å². The van der Waals surface area contributed by atoms with E-state index in [4.69, 9.17) is 0 Å². The van der Waals surface area contributed by atoms with Crippen LogP contribution in [0.4, 0.5) is 10.1 Å². The summed E-state index contributed by atoms with van der Waals surface area (Å²) in [4.78, 5) is 20.8. The molecule has 0 atom stereocenters. The average molecular weight is 477 g/mol. The predicted molar refractivity (Wildman–Crippen MR) is 115 cm³/mol. The van der Waals surface area contributed by atoms with Crippen LogP contribution < -0.4 is 15.5 Å². The molecule has 1 amide bonds. The lowest BCUT2D eigenvalue weighted by Gasteiger charge is -2.36. The summed E-state index contributed by atoms with van der Waals surface area (Å²) < 4.78 is 13.0. The Morgan fingerprint density at radius 2 is 1.65 bits per heavy atom. The molecule has 0 bridgehead atoms. The Morgan fingerprint density at radius 1 is 1.08 bits per heavy atom. The molecule has 1 aliphatic heterocycles. The molecular formula is C18H29FIN5O. The lowest BCUT2D eigenvalue weighted by Crippen LogP contribution is -2.49. The minimum absolute atomic E-state index is 0. The number of carbonyl (C=O) groups is 1. The fourth-order valence-electron chi connectivity index (χ4n) is 2.80. The van der Waals surface area contributed by atoms with Crippen molar-refractivity contribution in [2.45, 2.75) is 20.3 Å². The van der Waals surface area contributed by atoms with Crippen molar-refractivity contribution in [1.82, 2.24) is 15.5 Å². The van der Waals surface area contributed by atoms with Gasteiger partial charge in [0.2, 0.25) is 5.91 Å². The molecule has 0 unspecified atom stereocenters. The van der Waals surface area contributed by atoms with E-state index < -0.39 is 0 Å². The summed E-state index contributed by atoms with van der Waals surface area (Å²) in [5, 5.41) is 6.29. The molecule has 0 saturated carbocycles. The van der Waals surface area contributed by atoms with Crippen molar-refractivity contribution in [2.75, 3.05) is 50.7 Å². The minimum atomic E-state index is -0.229. The fourth-order valence-corrected chi connectivity index (χ4v) is 2.80. The van der Waals surface area contributed by atoms with Crippen LogP contribution in [0.1, 0.15) is 20.3 Å². The Balaban J connectivity index is 0.00000338. The van der Waals surface area contributed by atoms with E-state index in [2.05, 4.69) is 20.5 Å². The fraction of sp³-hybridized carbons (Fsp3) is 0.556. The number of piperazine rings is 1. The highest BCUT2D eigenvalue weighted by Gasteiger charge is 2.20. The van der Waals surface area contributed by atoms with Gasteiger partial charge in [-0.3, -0.25) is 9.79 Å². The molecule has 1 fully saturated rings. The summed E-state index contributed by atoms with van der Waals surface area (Å²) in [5.74, 6) is 0.654. The maximum atomic E-state index is 13.0. The lowest BCUT2D eigenvalue weighted by atomic mass is 10.2. The zero-order chi connectivity index (χ0) is 18.1. The summed E-state index contributed by atoms with van der Waals surface area (Å²) in [5.41, 5.74) is 0.999. The number of benzene rings is 1. The molecule has 0 radical (unpaired) electrons. The normalized spacial score (nSPS) is 13.7. The molecule has 0 aromatic heterocycles. The standard InChI is InChI=1S/C18H28FN5O.HI/c1-3-20-18(21-4-2)22-10-9-17(25)24-13-11-23(12-14-24)16-7-5-15(19)6-8-16;/h5-8H,3-4,9-14H2,1-2H3,(H2,20,21,22);1H. The van der Waals surface area contributed by atoms with E-state index in [9.17, 15) is 9.18 Å². The van der Waals surface area contributed by atoms with Crippen molar-refractivity contribution in [3.63, 3.8) is 0 Å². The molecule has 6 nitrogen and oxygen atoms in total. The van der Waals surface area contributed by atoms with Crippen LogP contribution in [-0.4, -0.2) is 62.6 Å². The smallest absolute Gasteiger partial charge is 0.224 e. The Hall–Kier alpha value is -1.58. The van der Waals surface area contributed by atoms with Crippen molar-refractivity contribution < 1.29 is 9.18 Å². The van der Waals surface area contributed by atoms with Crippen LogP contribution in [0.3, 0.4) is 0 Å². The van der Waals surface area contributed by atoms with Crippen molar-refractivity contribution in [2.24, 2.45) is 4.99 Å². The van der Waals surface area contributed by atoms with E-state index in [1.165, 1.54) is 12.1 Å². The summed E-state index contributed by atoms with van der Waals surface area (Å²) in [7, 11) is 0. The molecule has 1 aromatic rings. The molecule has 26 heavy (non-hydrogen) atoms. The van der Waals surface area contributed by atoms with E-state index >= 15 is 0 Å². The summed E-state index contributed by atoms with van der Waals surface area (Å²) >= 11 is 0. The van der Waals surface area contributed by atoms with Crippen molar-refractivity contribution in [3.8, 4) is 0 Å². The number of carbonyl (C=O) groups excluding carboxylic acids is 1. The molecule has 1 saturated heterocycles. The Morgan fingerprint density at radius 3 is 2.19 bits per heavy atom. The molecule has 1 heterocycles. The molecule has 146 valence electrons. The second-order valence-corrected chi connectivity index (χ2v) is 5.89. The lowest BCUT2D eigenvalue weighted by molar-refractivity contribution is -0.131. The van der Waals surface area contributed by atoms with Gasteiger partial charge in [0.1, 0.15) is 5.82 Å². The highest BCUT2D eigenvalue weighted by Crippen LogP contribution is 2.17. The van der Waals surface area contributed by atoms with Crippen molar-refractivity contribution in [1.29, 1.82) is 0 Å². The van der Waals surface area contributed by atoms with Crippen LogP contribution in [0, 0.1) is 5.82 Å². The van der Waals surface area contributed by atoms with E-state index in [0.29, 0.717) is 26.1 Å². The highest BCUT2D eigenvalue weighted by molar-refractivity contribution is 14.0. The number of aliphatic imine (C=N–C) groups is 1. The van der Waals surface area contributed by atoms with Gasteiger partial charge in [0.05, 0.1) is 6.54 Å². The van der Waals surface area contributed by atoms with Crippen molar-refractivity contribution >= 4 is 41.5 Å². The van der Waals surface area contributed by atoms with Gasteiger partial charge >= 0.3 is 0 Å². The number of nitrogens with zero attached hydrogens (tertiary/aromatic N) is 3. The Kier molecular flexibility index (Phi) is 10.3. The van der Waals surface area contributed by atoms with Crippen LogP contribution in [0.2, 0.25) is 0 Å². The number of amides is 1. The summed E-state index contributed by atoms with van der Waals surface area (Å²) in [6.45, 7) is 9.00. The van der Waals surface area contributed by atoms with Crippen LogP contribution in [0.5, 0.6) is 0 Å². The third-order valence-electron chi connectivity index (χ3n) is 4.11. The molecule has 1 aliphatic rings. The van der Waals surface area contributed by atoms with Gasteiger partial charge in [-0.25, -0.2) is 4.39 Å². The molecule has 2 N–H and O–H groups in total. The molecule has 2 rings (SSSR count). The van der Waals surface area contributed by atoms with Gasteiger partial charge < -0.3 is 20.4 Å². The van der Waals surface area contributed by atoms with Gasteiger partial charge in [-0.15, -0.1) is 24.0 Å². The number of halogens is 2. The number of nitrogens with one attached hydrogen (secondary N) is 2. The number of rotatable bonds is 6. The van der Waals surface area contributed by atoms with Gasteiger partial charge in [0.25, 0.3) is 0 Å². The first-order valence-electron chi connectivity index (χ1n) is 8.94. The SMILES string of the molecule is CCNC(=NCCC(=O)N1CCN(c2ccc(F)cc2)CC1)NCC.I. The van der Waals surface area contributed by atoms with Gasteiger partial charge in [0.15, 0.2) is 5.96 Å². The van der Waals surface area contributed by atoms with E-state index in [1.807, 2.05) is 18.7 Å². The monoisotopic (exact) mass is 477 g/mol. The largest absolute Gasteiger partial charge is 0.368 e. The molecule has 0 spiro atoms. The van der Waals surface area contributed by atoms with Crippen molar-refractivity contribution in [3.05, 3.63) is 30.1 Å². The second kappa shape index (κ2) is 11.9. The highest BCUT2D eigenvalue weighted by atomic mass is 127. The minimum Gasteiger partial charge on any atom is -0.368 e. The predicted octanol–water partition coefficient (Wildman–Crippen LogP) is 2.06. The first kappa shape index (κ1) is 22.5. The maximum absolute atomic E-state index is 13.0. The number of guanidine groups is 1. The second-order valence-electron chi connectivity index (χ2n) is 5.89. The van der Waals surface area contributed by atoms with Gasteiger partial charge in [-0.2, -0.15) is 0 Å². The molecule has 8 heteroatoms. The van der Waals surface area contributed by atoms with Gasteiger partial charge in [-0.05, 0) is 38.1 Å². The zero-order valence-electron chi connectivity index (χ0n) is 15.5. The van der Waals surface area contributed by atoms with Crippen LogP contribution in [0.25, 0.3) is 0 Å². The van der Waals surface area contributed by atoms with Crippen LogP contribution in [0.15, 0.2) is 29.3 Å². The van der Waals surface area contributed by atoms with E-state index in [-0.39, 0.29) is 35.7 Å². The Bertz CT molecular complexity index is 565. The molecule has 0 aliphatic carbocycles. The van der Waals surface area contributed by atoms with Crippen LogP contribution in [-0.2, 0) is 4.79 Å². The summed E-state index contributed by atoms with van der Waals surface area (Å²) in [6.07, 6.45) is 0.414. The maximum Gasteiger partial charge on any atom is 0.224 e. The van der Waals surface area contributed by atoms with Gasteiger partial charge in [0, 0.05) is 51.4 Å². The molecular weight excluding hydrogens is 448 g/mol. The number of hydrogen-bond donors (Lipinski definition) is 2. The average Bonchev–Trinajstić information content (AvgIpc) is 2.63. The number of hydrogen-bond acceptors (Lipinski definition) is 3. The van der Waals surface area contributed by atoms with E-state index in [0.717, 1.165) is 37.8 Å².